The predicted octanol–water partition coefficient (Wildman–Crippen LogP) is 5.41. The Morgan fingerprint density at radius 3 is 2.51 bits per heavy atom. The molecule has 0 aliphatic heterocycles. The molecule has 8 heteroatoms. The molecule has 0 saturated heterocycles. The van der Waals surface area contributed by atoms with Crippen LogP contribution in [0.15, 0.2) is 76.2 Å². The van der Waals surface area contributed by atoms with E-state index in [0.29, 0.717) is 13.1 Å². The van der Waals surface area contributed by atoms with Crippen LogP contribution < -0.4 is 5.43 Å². The summed E-state index contributed by atoms with van der Waals surface area (Å²) in [6.07, 6.45) is 1.57. The second-order valence-electron chi connectivity index (χ2n) is 8.11. The van der Waals surface area contributed by atoms with Gasteiger partial charge >= 0.3 is 0 Å². The number of aromatic hydroxyl groups is 1. The van der Waals surface area contributed by atoms with Crippen LogP contribution in [-0.2, 0) is 17.9 Å². The summed E-state index contributed by atoms with van der Waals surface area (Å²) in [7, 11) is 0. The van der Waals surface area contributed by atoms with Gasteiger partial charge in [0.25, 0.3) is 5.91 Å². The van der Waals surface area contributed by atoms with Crippen LogP contribution in [0.4, 0.5) is 0 Å². The second kappa shape index (κ2) is 10.4. The first-order valence-electron chi connectivity index (χ1n) is 10.9. The number of carbonyl (C=O) groups is 2. The standard InChI is InChI=1S/C27H24ClN3O4/c1-17-7-11-22(35-17)16-31(18(2)32)15-21-9-8-20(23-5-3-4-6-24(21)23)14-29-30-27(34)19-10-12-26(33)25(28)13-19/h3-14,33H,15-16H2,1-2H3,(H,30,34). The Morgan fingerprint density at radius 2 is 1.83 bits per heavy atom. The van der Waals surface area contributed by atoms with Crippen molar-refractivity contribution < 1.29 is 19.1 Å². The Hall–Kier alpha value is -4.10. The summed E-state index contributed by atoms with van der Waals surface area (Å²) >= 11 is 5.87. The fourth-order valence-electron chi connectivity index (χ4n) is 3.75. The summed E-state index contributed by atoms with van der Waals surface area (Å²) in [6.45, 7) is 4.22. The van der Waals surface area contributed by atoms with E-state index in [4.69, 9.17) is 16.0 Å². The number of aryl methyl sites for hydroxylation is 1. The van der Waals surface area contributed by atoms with E-state index in [1.54, 1.807) is 18.0 Å². The number of carbonyl (C=O) groups excluding carboxylic acids is 2. The van der Waals surface area contributed by atoms with E-state index in [9.17, 15) is 14.7 Å². The van der Waals surface area contributed by atoms with Gasteiger partial charge in [0.1, 0.15) is 17.3 Å². The molecular weight excluding hydrogens is 466 g/mol. The Labute approximate surface area is 207 Å². The van der Waals surface area contributed by atoms with E-state index in [1.807, 2.05) is 55.5 Å². The minimum absolute atomic E-state index is 0.0502. The average Bonchev–Trinajstić information content (AvgIpc) is 3.25. The van der Waals surface area contributed by atoms with Gasteiger partial charge in [-0.3, -0.25) is 9.59 Å². The van der Waals surface area contributed by atoms with Gasteiger partial charge in [-0.1, -0.05) is 48.0 Å². The molecule has 0 spiro atoms. The van der Waals surface area contributed by atoms with E-state index in [1.165, 1.54) is 18.2 Å². The third-order valence-corrected chi connectivity index (χ3v) is 5.88. The number of phenolic OH excluding ortho intramolecular Hbond substituents is 1. The van der Waals surface area contributed by atoms with Gasteiger partial charge in [0.15, 0.2) is 0 Å². The lowest BCUT2D eigenvalue weighted by molar-refractivity contribution is -0.130. The highest BCUT2D eigenvalue weighted by molar-refractivity contribution is 6.32. The van der Waals surface area contributed by atoms with Gasteiger partial charge < -0.3 is 14.4 Å². The molecule has 2 amide bonds. The lowest BCUT2D eigenvalue weighted by atomic mass is 9.99. The van der Waals surface area contributed by atoms with E-state index in [0.717, 1.165) is 33.4 Å². The average molecular weight is 490 g/mol. The molecule has 1 aromatic heterocycles. The van der Waals surface area contributed by atoms with Gasteiger partial charge in [-0.25, -0.2) is 5.43 Å². The molecule has 0 atom stereocenters. The number of fused-ring (bicyclic) bond motifs is 1. The third-order valence-electron chi connectivity index (χ3n) is 5.58. The molecule has 0 aliphatic rings. The Kier molecular flexibility index (Phi) is 7.17. The summed E-state index contributed by atoms with van der Waals surface area (Å²) < 4.78 is 5.65. The van der Waals surface area contributed by atoms with Gasteiger partial charge in [0, 0.05) is 24.6 Å². The zero-order chi connectivity index (χ0) is 24.9. The fourth-order valence-corrected chi connectivity index (χ4v) is 3.93. The largest absolute Gasteiger partial charge is 0.506 e. The van der Waals surface area contributed by atoms with E-state index < -0.39 is 5.91 Å². The van der Waals surface area contributed by atoms with Crippen molar-refractivity contribution >= 4 is 40.4 Å². The van der Waals surface area contributed by atoms with Gasteiger partial charge in [0.05, 0.1) is 17.8 Å². The van der Waals surface area contributed by atoms with Gasteiger partial charge in [-0.2, -0.15) is 5.10 Å². The fraction of sp³-hybridized carbons (Fsp3) is 0.148. The van der Waals surface area contributed by atoms with Crippen LogP contribution >= 0.6 is 11.6 Å². The van der Waals surface area contributed by atoms with Crippen LogP contribution in [0.3, 0.4) is 0 Å². The zero-order valence-corrected chi connectivity index (χ0v) is 20.0. The molecule has 0 unspecified atom stereocenters. The first-order valence-corrected chi connectivity index (χ1v) is 11.3. The van der Waals surface area contributed by atoms with Gasteiger partial charge in [-0.05, 0) is 53.6 Å². The zero-order valence-electron chi connectivity index (χ0n) is 19.3. The van der Waals surface area contributed by atoms with Crippen molar-refractivity contribution in [2.45, 2.75) is 26.9 Å². The summed E-state index contributed by atoms with van der Waals surface area (Å²) in [5.41, 5.74) is 4.55. The Balaban J connectivity index is 1.54. The molecule has 1 heterocycles. The molecule has 178 valence electrons. The van der Waals surface area contributed by atoms with Crippen LogP contribution in [0, 0.1) is 6.92 Å². The number of furan rings is 1. The van der Waals surface area contributed by atoms with Crippen molar-refractivity contribution in [1.29, 1.82) is 0 Å². The summed E-state index contributed by atoms with van der Waals surface area (Å²) in [5, 5.41) is 15.6. The van der Waals surface area contributed by atoms with Crippen molar-refractivity contribution in [1.82, 2.24) is 10.3 Å². The number of nitrogens with zero attached hydrogens (tertiary/aromatic N) is 2. The summed E-state index contributed by atoms with van der Waals surface area (Å²) in [4.78, 5) is 26.4. The molecule has 4 aromatic rings. The minimum Gasteiger partial charge on any atom is -0.506 e. The maximum absolute atomic E-state index is 12.3. The molecule has 0 radical (unpaired) electrons. The first kappa shape index (κ1) is 24.0. The van der Waals surface area contributed by atoms with Crippen molar-refractivity contribution in [3.05, 3.63) is 100.0 Å². The topological polar surface area (TPSA) is 95.1 Å². The van der Waals surface area contributed by atoms with Crippen LogP contribution in [-0.4, -0.2) is 28.0 Å². The molecule has 7 nitrogen and oxygen atoms in total. The summed E-state index contributed by atoms with van der Waals surface area (Å²) in [6, 6.07) is 19.6. The number of amides is 2. The quantitative estimate of drug-likeness (QED) is 0.268. The number of halogens is 1. The maximum atomic E-state index is 12.3. The predicted molar refractivity (Wildman–Crippen MR) is 135 cm³/mol. The lowest BCUT2D eigenvalue weighted by Gasteiger charge is -2.21. The number of nitrogens with one attached hydrogen (secondary N) is 1. The van der Waals surface area contributed by atoms with Crippen LogP contribution in [0.2, 0.25) is 5.02 Å². The first-order chi connectivity index (χ1) is 16.8. The van der Waals surface area contributed by atoms with E-state index in [2.05, 4.69) is 10.5 Å². The molecule has 0 fully saturated rings. The van der Waals surface area contributed by atoms with Crippen LogP contribution in [0.1, 0.15) is 39.9 Å². The summed E-state index contributed by atoms with van der Waals surface area (Å²) in [5.74, 6) is 0.940. The molecule has 2 N–H and O–H groups in total. The van der Waals surface area contributed by atoms with E-state index in [-0.39, 0.29) is 22.2 Å². The van der Waals surface area contributed by atoms with Crippen LogP contribution in [0.5, 0.6) is 5.75 Å². The number of hydrogen-bond acceptors (Lipinski definition) is 5. The normalized spacial score (nSPS) is 11.2. The Morgan fingerprint density at radius 1 is 1.06 bits per heavy atom. The van der Waals surface area contributed by atoms with Crippen molar-refractivity contribution in [2.24, 2.45) is 5.10 Å². The molecule has 0 aliphatic carbocycles. The van der Waals surface area contributed by atoms with Crippen LogP contribution in [0.25, 0.3) is 10.8 Å². The highest BCUT2D eigenvalue weighted by atomic mass is 35.5. The highest BCUT2D eigenvalue weighted by Crippen LogP contribution is 2.25. The van der Waals surface area contributed by atoms with Crippen molar-refractivity contribution in [2.75, 3.05) is 0 Å². The molecule has 35 heavy (non-hydrogen) atoms. The number of hydrazone groups is 1. The van der Waals surface area contributed by atoms with E-state index >= 15 is 0 Å². The number of phenols is 1. The van der Waals surface area contributed by atoms with Crippen molar-refractivity contribution in [3.8, 4) is 5.75 Å². The second-order valence-corrected chi connectivity index (χ2v) is 8.52. The monoisotopic (exact) mass is 489 g/mol. The van der Waals surface area contributed by atoms with Gasteiger partial charge in [-0.15, -0.1) is 0 Å². The molecular formula is C27H24ClN3O4. The minimum atomic E-state index is -0.450. The lowest BCUT2D eigenvalue weighted by Crippen LogP contribution is -2.27. The molecule has 0 bridgehead atoms. The maximum Gasteiger partial charge on any atom is 0.271 e. The smallest absolute Gasteiger partial charge is 0.271 e. The SMILES string of the molecule is CC(=O)N(Cc1ccc(C)o1)Cc1ccc(C=NNC(=O)c2ccc(O)c(Cl)c2)c2ccccc12. The molecule has 3 aromatic carbocycles. The number of benzene rings is 3. The number of hydrogen-bond donors (Lipinski definition) is 2. The molecule has 4 rings (SSSR count). The third kappa shape index (κ3) is 5.70. The highest BCUT2D eigenvalue weighted by Gasteiger charge is 2.15. The molecule has 0 saturated carbocycles. The van der Waals surface area contributed by atoms with Gasteiger partial charge in [0.2, 0.25) is 5.91 Å². The number of rotatable bonds is 7. The Bertz CT molecular complexity index is 1430. The van der Waals surface area contributed by atoms with Crippen molar-refractivity contribution in [3.63, 3.8) is 0 Å².